The van der Waals surface area contributed by atoms with E-state index >= 15 is 0 Å². The number of nitrogens with two attached hydrogens (primary N) is 2. The first-order valence-corrected chi connectivity index (χ1v) is 8.32. The van der Waals surface area contributed by atoms with Crippen molar-refractivity contribution in [2.24, 2.45) is 0 Å². The lowest BCUT2D eigenvalue weighted by Gasteiger charge is -2.25. The molecule has 134 valence electrons. The summed E-state index contributed by atoms with van der Waals surface area (Å²) in [5, 5.41) is 12.0. The predicted octanol–water partition coefficient (Wildman–Crippen LogP) is 1.79. The fourth-order valence-corrected chi connectivity index (χ4v) is 3.04. The number of anilines is 3. The van der Waals surface area contributed by atoms with Gasteiger partial charge in [0.15, 0.2) is 5.58 Å². The quantitative estimate of drug-likeness (QED) is 0.519. The van der Waals surface area contributed by atoms with E-state index in [4.69, 9.17) is 26.0 Å². The summed E-state index contributed by atoms with van der Waals surface area (Å²) in [5.74, 6) is 0.800. The monoisotopic (exact) mass is 353 g/mol. The van der Waals surface area contributed by atoms with Crippen molar-refractivity contribution in [3.63, 3.8) is 0 Å². The van der Waals surface area contributed by atoms with Crippen LogP contribution in [0.2, 0.25) is 0 Å². The maximum Gasteiger partial charge on any atom is 0.292 e. The number of oxazole rings is 1. The highest BCUT2D eigenvalue weighted by Gasteiger charge is 2.21. The highest BCUT2D eigenvalue weighted by Crippen LogP contribution is 2.26. The summed E-state index contributed by atoms with van der Waals surface area (Å²) in [7, 11) is 0. The van der Waals surface area contributed by atoms with Crippen LogP contribution in [-0.2, 0) is 4.74 Å². The Morgan fingerprint density at radius 2 is 2.00 bits per heavy atom. The van der Waals surface area contributed by atoms with Gasteiger partial charge in [-0.25, -0.2) is 9.97 Å². The van der Waals surface area contributed by atoms with E-state index in [0.717, 1.165) is 12.8 Å². The average molecular weight is 353 g/mol. The van der Waals surface area contributed by atoms with Gasteiger partial charge in [-0.1, -0.05) is 0 Å². The number of fused-ring (bicyclic) bond motifs is 1. The number of hydrogen-bond donors (Lipinski definition) is 4. The maximum atomic E-state index is 8.64. The molecule has 3 heterocycles. The van der Waals surface area contributed by atoms with Gasteiger partial charge in [0.2, 0.25) is 0 Å². The average Bonchev–Trinajstić information content (AvgIpc) is 3.01. The standard InChI is InChI=1S/C17H19N7O2/c18-14(9-1-2-12-11(7-9)24-17(20)26-12)13-15(19)21-8-22-16(13)23-10-3-5-25-6-4-10/h1-2,7-8,10,18H,3-6H2,(H2,20,24)(H3,19,21,22,23). The van der Waals surface area contributed by atoms with Crippen LogP contribution < -0.4 is 16.8 Å². The van der Waals surface area contributed by atoms with Gasteiger partial charge in [0.1, 0.15) is 23.5 Å². The zero-order valence-corrected chi connectivity index (χ0v) is 14.0. The second-order valence-corrected chi connectivity index (χ2v) is 6.12. The van der Waals surface area contributed by atoms with Crippen LogP contribution in [0, 0.1) is 5.41 Å². The maximum absolute atomic E-state index is 8.64. The van der Waals surface area contributed by atoms with Crippen molar-refractivity contribution < 1.29 is 9.15 Å². The van der Waals surface area contributed by atoms with Crippen molar-refractivity contribution in [1.29, 1.82) is 5.41 Å². The molecular weight excluding hydrogens is 334 g/mol. The minimum atomic E-state index is 0.0908. The molecule has 1 fully saturated rings. The van der Waals surface area contributed by atoms with Gasteiger partial charge >= 0.3 is 0 Å². The lowest BCUT2D eigenvalue weighted by Crippen LogP contribution is -2.29. The van der Waals surface area contributed by atoms with Crippen molar-refractivity contribution in [3.8, 4) is 0 Å². The van der Waals surface area contributed by atoms with Crippen molar-refractivity contribution in [2.45, 2.75) is 18.9 Å². The summed E-state index contributed by atoms with van der Waals surface area (Å²) >= 11 is 0. The third-order valence-electron chi connectivity index (χ3n) is 4.38. The second-order valence-electron chi connectivity index (χ2n) is 6.12. The summed E-state index contributed by atoms with van der Waals surface area (Å²) in [4.78, 5) is 12.5. The van der Waals surface area contributed by atoms with Crippen molar-refractivity contribution in [3.05, 3.63) is 35.7 Å². The number of rotatable bonds is 4. The third-order valence-corrected chi connectivity index (χ3v) is 4.38. The fourth-order valence-electron chi connectivity index (χ4n) is 3.04. The Bertz CT molecular complexity index is 963. The highest BCUT2D eigenvalue weighted by atomic mass is 16.5. The lowest BCUT2D eigenvalue weighted by molar-refractivity contribution is 0.0904. The Morgan fingerprint density at radius 1 is 1.19 bits per heavy atom. The molecule has 0 saturated carbocycles. The summed E-state index contributed by atoms with van der Waals surface area (Å²) in [6, 6.07) is 5.55. The number of nitrogen functional groups attached to an aromatic ring is 2. The van der Waals surface area contributed by atoms with E-state index in [2.05, 4.69) is 20.3 Å². The van der Waals surface area contributed by atoms with E-state index in [9.17, 15) is 0 Å². The van der Waals surface area contributed by atoms with Crippen LogP contribution >= 0.6 is 0 Å². The van der Waals surface area contributed by atoms with Gasteiger partial charge in [0.05, 0.1) is 11.3 Å². The Balaban J connectivity index is 1.69. The SMILES string of the molecule is N=C(c1ccc2oc(N)nc2c1)c1c(N)ncnc1NC1CCOCC1. The van der Waals surface area contributed by atoms with Crippen molar-refractivity contribution >= 4 is 34.5 Å². The molecule has 3 aromatic rings. The van der Waals surface area contributed by atoms with Gasteiger partial charge in [0.25, 0.3) is 6.01 Å². The largest absolute Gasteiger partial charge is 0.424 e. The minimum absolute atomic E-state index is 0.0908. The number of nitrogens with zero attached hydrogens (tertiary/aromatic N) is 3. The molecule has 4 rings (SSSR count). The molecule has 1 saturated heterocycles. The van der Waals surface area contributed by atoms with Crippen LogP contribution in [-0.4, -0.2) is 39.9 Å². The summed E-state index contributed by atoms with van der Waals surface area (Å²) in [6.45, 7) is 1.41. The molecule has 1 aliphatic rings. The van der Waals surface area contributed by atoms with Crippen LogP contribution in [0.1, 0.15) is 24.0 Å². The van der Waals surface area contributed by atoms with Crippen LogP contribution in [0.15, 0.2) is 28.9 Å². The van der Waals surface area contributed by atoms with E-state index in [0.29, 0.717) is 41.3 Å². The summed E-state index contributed by atoms with van der Waals surface area (Å²) in [6.07, 6.45) is 3.15. The molecule has 0 spiro atoms. The number of hydrogen-bond acceptors (Lipinski definition) is 9. The van der Waals surface area contributed by atoms with Gasteiger partial charge in [-0.3, -0.25) is 5.41 Å². The first-order valence-electron chi connectivity index (χ1n) is 8.32. The molecule has 9 heteroatoms. The molecule has 0 unspecified atom stereocenters. The molecule has 1 aromatic carbocycles. The van der Waals surface area contributed by atoms with Gasteiger partial charge < -0.3 is 25.9 Å². The number of aromatic nitrogens is 3. The Kier molecular flexibility index (Phi) is 4.13. The Hall–Kier alpha value is -3.20. The first kappa shape index (κ1) is 16.3. The van der Waals surface area contributed by atoms with Gasteiger partial charge in [-0.15, -0.1) is 0 Å². The topological polar surface area (TPSA) is 149 Å². The Morgan fingerprint density at radius 3 is 2.81 bits per heavy atom. The van der Waals surface area contributed by atoms with E-state index < -0.39 is 0 Å². The predicted molar refractivity (Wildman–Crippen MR) is 98.3 cm³/mol. The molecule has 0 aliphatic carbocycles. The van der Waals surface area contributed by atoms with E-state index in [1.54, 1.807) is 18.2 Å². The summed E-state index contributed by atoms with van der Waals surface area (Å²) in [5.41, 5.74) is 14.1. The lowest BCUT2D eigenvalue weighted by atomic mass is 10.0. The number of nitrogens with one attached hydrogen (secondary N) is 2. The molecule has 6 N–H and O–H groups in total. The smallest absolute Gasteiger partial charge is 0.292 e. The molecule has 26 heavy (non-hydrogen) atoms. The molecule has 0 radical (unpaired) electrons. The minimum Gasteiger partial charge on any atom is -0.424 e. The summed E-state index contributed by atoms with van der Waals surface area (Å²) < 4.78 is 10.7. The molecular formula is C17H19N7O2. The Labute approximate surface area is 149 Å². The van der Waals surface area contributed by atoms with Crippen LogP contribution in [0.4, 0.5) is 17.7 Å². The molecule has 9 nitrogen and oxygen atoms in total. The molecule has 0 atom stereocenters. The van der Waals surface area contributed by atoms with Crippen molar-refractivity contribution in [1.82, 2.24) is 15.0 Å². The molecule has 1 aliphatic heterocycles. The van der Waals surface area contributed by atoms with Crippen LogP contribution in [0.3, 0.4) is 0 Å². The van der Waals surface area contributed by atoms with Crippen molar-refractivity contribution in [2.75, 3.05) is 30.0 Å². The van der Waals surface area contributed by atoms with E-state index in [1.807, 2.05) is 0 Å². The van der Waals surface area contributed by atoms with Gasteiger partial charge in [-0.05, 0) is 31.0 Å². The molecule has 0 amide bonds. The zero-order valence-electron chi connectivity index (χ0n) is 14.0. The highest BCUT2D eigenvalue weighted by molar-refractivity contribution is 6.17. The van der Waals surface area contributed by atoms with Gasteiger partial charge in [0, 0.05) is 24.8 Å². The molecule has 2 aromatic heterocycles. The number of ether oxygens (including phenoxy) is 1. The normalized spacial score (nSPS) is 15.2. The second kappa shape index (κ2) is 6.60. The van der Waals surface area contributed by atoms with Gasteiger partial charge in [-0.2, -0.15) is 4.98 Å². The first-order chi connectivity index (χ1) is 12.6. The fraction of sp³-hybridized carbons (Fsp3) is 0.294. The molecule has 0 bridgehead atoms. The third kappa shape index (κ3) is 3.04. The van der Waals surface area contributed by atoms with Crippen LogP contribution in [0.25, 0.3) is 11.1 Å². The number of benzene rings is 1. The van der Waals surface area contributed by atoms with E-state index in [1.165, 1.54) is 6.33 Å². The van der Waals surface area contributed by atoms with Crippen LogP contribution in [0.5, 0.6) is 0 Å². The zero-order chi connectivity index (χ0) is 18.1. The van der Waals surface area contributed by atoms with E-state index in [-0.39, 0.29) is 23.6 Å².